The minimum absolute atomic E-state index is 0.0199. The molecule has 2 aromatic carbocycles. The Labute approximate surface area is 131 Å². The van der Waals surface area contributed by atoms with Crippen LogP contribution in [0.25, 0.3) is 10.8 Å². The van der Waals surface area contributed by atoms with Crippen molar-refractivity contribution in [2.45, 2.75) is 32.3 Å². The van der Waals surface area contributed by atoms with Crippen molar-refractivity contribution in [2.24, 2.45) is 0 Å². The van der Waals surface area contributed by atoms with Gasteiger partial charge in [-0.15, -0.1) is 0 Å². The fourth-order valence-electron chi connectivity index (χ4n) is 2.35. The van der Waals surface area contributed by atoms with Gasteiger partial charge in [0.05, 0.1) is 19.1 Å². The number of carbonyl (C=O) groups is 1. The monoisotopic (exact) mass is 301 g/mol. The second kappa shape index (κ2) is 7.27. The van der Waals surface area contributed by atoms with E-state index in [0.717, 1.165) is 22.1 Å². The van der Waals surface area contributed by atoms with Crippen LogP contribution in [0.2, 0.25) is 0 Å². The predicted octanol–water partition coefficient (Wildman–Crippen LogP) is 2.84. The Balaban J connectivity index is 2.11. The van der Waals surface area contributed by atoms with Gasteiger partial charge in [-0.3, -0.25) is 4.79 Å². The summed E-state index contributed by atoms with van der Waals surface area (Å²) in [5.41, 5.74) is 0.979. The van der Waals surface area contributed by atoms with Crippen molar-refractivity contribution in [1.82, 2.24) is 5.32 Å². The third kappa shape index (κ3) is 3.98. The number of methoxy groups -OCH3 is 1. The molecule has 0 spiro atoms. The molecule has 0 heterocycles. The van der Waals surface area contributed by atoms with Crippen LogP contribution in [0, 0.1) is 0 Å². The molecule has 0 saturated carbocycles. The molecule has 0 fully saturated rings. The SMILES string of the molecule is COc1ccc2cc([C@H](C)C(=O)NCCC(C)O)ccc2c1. The van der Waals surface area contributed by atoms with E-state index in [9.17, 15) is 9.90 Å². The number of amides is 1. The van der Waals surface area contributed by atoms with Gasteiger partial charge in [-0.25, -0.2) is 0 Å². The fraction of sp³-hybridized carbons (Fsp3) is 0.389. The lowest BCUT2D eigenvalue weighted by Crippen LogP contribution is -2.30. The Kier molecular flexibility index (Phi) is 5.39. The molecule has 4 nitrogen and oxygen atoms in total. The minimum Gasteiger partial charge on any atom is -0.497 e. The van der Waals surface area contributed by atoms with Gasteiger partial charge in [0, 0.05) is 6.54 Å². The van der Waals surface area contributed by atoms with Crippen molar-refractivity contribution in [3.8, 4) is 5.75 Å². The fourth-order valence-corrected chi connectivity index (χ4v) is 2.35. The molecule has 118 valence electrons. The number of aliphatic hydroxyl groups is 1. The smallest absolute Gasteiger partial charge is 0.227 e. The zero-order valence-corrected chi connectivity index (χ0v) is 13.3. The lowest BCUT2D eigenvalue weighted by molar-refractivity contribution is -0.122. The standard InChI is InChI=1S/C18H23NO3/c1-12(20)8-9-19-18(21)13(2)14-4-5-16-11-17(22-3)7-6-15(16)10-14/h4-7,10-13,20H,8-9H2,1-3H3,(H,19,21)/t12?,13-/m0/s1. The summed E-state index contributed by atoms with van der Waals surface area (Å²) in [5.74, 6) is 0.582. The average Bonchev–Trinajstić information content (AvgIpc) is 2.52. The lowest BCUT2D eigenvalue weighted by atomic mass is 9.97. The number of nitrogens with one attached hydrogen (secondary N) is 1. The number of aliphatic hydroxyl groups excluding tert-OH is 1. The second-order valence-electron chi connectivity index (χ2n) is 5.62. The molecule has 0 aromatic heterocycles. The number of ether oxygens (including phenoxy) is 1. The number of rotatable bonds is 6. The van der Waals surface area contributed by atoms with E-state index in [4.69, 9.17) is 4.74 Å². The van der Waals surface area contributed by atoms with Crippen molar-refractivity contribution in [3.05, 3.63) is 42.0 Å². The summed E-state index contributed by atoms with van der Waals surface area (Å²) in [6.07, 6.45) is 0.168. The first-order chi connectivity index (χ1) is 10.5. The Bertz CT molecular complexity index is 652. The molecule has 2 atom stereocenters. The van der Waals surface area contributed by atoms with Crippen LogP contribution in [-0.4, -0.2) is 30.8 Å². The van der Waals surface area contributed by atoms with Crippen LogP contribution >= 0.6 is 0 Å². The molecule has 2 aromatic rings. The Morgan fingerprint density at radius 3 is 2.55 bits per heavy atom. The highest BCUT2D eigenvalue weighted by atomic mass is 16.5. The molecular weight excluding hydrogens is 278 g/mol. The molecule has 0 aliphatic carbocycles. The number of carbonyl (C=O) groups excluding carboxylic acids is 1. The van der Waals surface area contributed by atoms with Crippen LogP contribution in [0.15, 0.2) is 36.4 Å². The van der Waals surface area contributed by atoms with Gasteiger partial charge in [-0.05, 0) is 48.7 Å². The summed E-state index contributed by atoms with van der Waals surface area (Å²) >= 11 is 0. The van der Waals surface area contributed by atoms with E-state index < -0.39 is 6.10 Å². The van der Waals surface area contributed by atoms with Crippen molar-refractivity contribution in [3.63, 3.8) is 0 Å². The van der Waals surface area contributed by atoms with Gasteiger partial charge >= 0.3 is 0 Å². The van der Waals surface area contributed by atoms with Crippen LogP contribution in [0.5, 0.6) is 5.75 Å². The van der Waals surface area contributed by atoms with Crippen LogP contribution in [0.1, 0.15) is 31.7 Å². The van der Waals surface area contributed by atoms with E-state index in [1.54, 1.807) is 14.0 Å². The topological polar surface area (TPSA) is 58.6 Å². The maximum Gasteiger partial charge on any atom is 0.227 e. The van der Waals surface area contributed by atoms with Gasteiger partial charge < -0.3 is 15.2 Å². The van der Waals surface area contributed by atoms with Crippen LogP contribution in [0.4, 0.5) is 0 Å². The molecule has 0 saturated heterocycles. The molecule has 0 radical (unpaired) electrons. The summed E-state index contributed by atoms with van der Waals surface area (Å²) in [7, 11) is 1.65. The molecule has 4 heteroatoms. The molecule has 0 aliphatic heterocycles. The van der Waals surface area contributed by atoms with Crippen LogP contribution < -0.4 is 10.1 Å². The third-order valence-electron chi connectivity index (χ3n) is 3.83. The van der Waals surface area contributed by atoms with E-state index in [1.807, 2.05) is 43.3 Å². The van der Waals surface area contributed by atoms with E-state index >= 15 is 0 Å². The largest absolute Gasteiger partial charge is 0.497 e. The highest BCUT2D eigenvalue weighted by Crippen LogP contribution is 2.25. The molecule has 0 bridgehead atoms. The first-order valence-electron chi connectivity index (χ1n) is 7.54. The average molecular weight is 301 g/mol. The van der Waals surface area contributed by atoms with E-state index in [0.29, 0.717) is 13.0 Å². The third-order valence-corrected chi connectivity index (χ3v) is 3.83. The highest BCUT2D eigenvalue weighted by Gasteiger charge is 2.15. The molecule has 2 N–H and O–H groups in total. The van der Waals surface area contributed by atoms with Gasteiger partial charge in [-0.2, -0.15) is 0 Å². The van der Waals surface area contributed by atoms with Gasteiger partial charge in [0.25, 0.3) is 0 Å². The maximum atomic E-state index is 12.1. The highest BCUT2D eigenvalue weighted by molar-refractivity contribution is 5.88. The molecule has 22 heavy (non-hydrogen) atoms. The van der Waals surface area contributed by atoms with Gasteiger partial charge in [0.15, 0.2) is 0 Å². The Hall–Kier alpha value is -2.07. The zero-order chi connectivity index (χ0) is 16.1. The van der Waals surface area contributed by atoms with Crippen LogP contribution in [0.3, 0.4) is 0 Å². The maximum absolute atomic E-state index is 12.1. The van der Waals surface area contributed by atoms with E-state index in [2.05, 4.69) is 5.32 Å². The van der Waals surface area contributed by atoms with Crippen LogP contribution in [-0.2, 0) is 4.79 Å². The number of hydrogen-bond donors (Lipinski definition) is 2. The van der Waals surface area contributed by atoms with Crippen molar-refractivity contribution in [2.75, 3.05) is 13.7 Å². The minimum atomic E-state index is -0.397. The Morgan fingerprint density at radius 2 is 1.86 bits per heavy atom. The van der Waals surface area contributed by atoms with E-state index in [1.165, 1.54) is 0 Å². The van der Waals surface area contributed by atoms with Crippen molar-refractivity contribution < 1.29 is 14.6 Å². The predicted molar refractivity (Wildman–Crippen MR) is 88.2 cm³/mol. The second-order valence-corrected chi connectivity index (χ2v) is 5.62. The molecule has 1 unspecified atom stereocenters. The number of fused-ring (bicyclic) bond motifs is 1. The van der Waals surface area contributed by atoms with Crippen molar-refractivity contribution in [1.29, 1.82) is 0 Å². The number of benzene rings is 2. The summed E-state index contributed by atoms with van der Waals surface area (Å²) in [6, 6.07) is 11.9. The molecule has 0 aliphatic rings. The first kappa shape index (κ1) is 16.3. The quantitative estimate of drug-likeness (QED) is 0.862. The van der Waals surface area contributed by atoms with Gasteiger partial charge in [0.1, 0.15) is 5.75 Å². The molecule has 2 rings (SSSR count). The van der Waals surface area contributed by atoms with Crippen molar-refractivity contribution >= 4 is 16.7 Å². The summed E-state index contributed by atoms with van der Waals surface area (Å²) in [4.78, 5) is 12.1. The Morgan fingerprint density at radius 1 is 1.18 bits per heavy atom. The normalized spacial score (nSPS) is 13.6. The first-order valence-corrected chi connectivity index (χ1v) is 7.54. The summed E-state index contributed by atoms with van der Waals surface area (Å²) < 4.78 is 5.22. The summed E-state index contributed by atoms with van der Waals surface area (Å²) in [6.45, 7) is 4.10. The van der Waals surface area contributed by atoms with Gasteiger partial charge in [0.2, 0.25) is 5.91 Å². The van der Waals surface area contributed by atoms with Gasteiger partial charge in [-0.1, -0.05) is 24.3 Å². The molecular formula is C18H23NO3. The molecule has 1 amide bonds. The van der Waals surface area contributed by atoms with E-state index in [-0.39, 0.29) is 11.8 Å². The zero-order valence-electron chi connectivity index (χ0n) is 13.3. The number of hydrogen-bond acceptors (Lipinski definition) is 3. The summed E-state index contributed by atoms with van der Waals surface area (Å²) in [5, 5.41) is 14.3. The lowest BCUT2D eigenvalue weighted by Gasteiger charge is -2.14.